The van der Waals surface area contributed by atoms with Gasteiger partial charge in [-0.1, -0.05) is 0 Å². The number of aryl methyl sites for hydroxylation is 1. The molecular formula is C10H11NO2. The number of methoxy groups -OCH3 is 2. The quantitative estimate of drug-likeness (QED) is 0.692. The van der Waals surface area contributed by atoms with E-state index in [9.17, 15) is 0 Å². The van der Waals surface area contributed by atoms with Gasteiger partial charge in [0, 0.05) is 6.07 Å². The van der Waals surface area contributed by atoms with Crippen LogP contribution in [0.1, 0.15) is 11.1 Å². The smallest absolute Gasteiger partial charge is 0.163 e. The molecule has 0 aliphatic heterocycles. The number of hydrogen-bond donors (Lipinski definition) is 0. The Bertz CT molecular complexity index is 353. The lowest BCUT2D eigenvalue weighted by Crippen LogP contribution is -1.94. The molecular weight excluding hydrogens is 166 g/mol. The van der Waals surface area contributed by atoms with Crippen LogP contribution >= 0.6 is 0 Å². The SMILES string of the molecule is COc1cc(C#N)cc(C)c1OC. The molecule has 1 aromatic carbocycles. The van der Waals surface area contributed by atoms with E-state index in [0.717, 1.165) is 5.56 Å². The van der Waals surface area contributed by atoms with Gasteiger partial charge in [0.2, 0.25) is 0 Å². The molecule has 13 heavy (non-hydrogen) atoms. The van der Waals surface area contributed by atoms with Crippen molar-refractivity contribution in [2.75, 3.05) is 14.2 Å². The summed E-state index contributed by atoms with van der Waals surface area (Å²) in [6.07, 6.45) is 0. The van der Waals surface area contributed by atoms with E-state index in [-0.39, 0.29) is 0 Å². The monoisotopic (exact) mass is 177 g/mol. The van der Waals surface area contributed by atoms with Gasteiger partial charge in [-0.25, -0.2) is 0 Å². The molecule has 0 unspecified atom stereocenters. The highest BCUT2D eigenvalue weighted by atomic mass is 16.5. The maximum atomic E-state index is 8.70. The second-order valence-corrected chi connectivity index (χ2v) is 2.64. The van der Waals surface area contributed by atoms with Gasteiger partial charge in [-0.15, -0.1) is 0 Å². The molecule has 0 saturated heterocycles. The lowest BCUT2D eigenvalue weighted by atomic mass is 10.1. The second-order valence-electron chi connectivity index (χ2n) is 2.64. The first kappa shape index (κ1) is 9.40. The molecule has 0 atom stereocenters. The van der Waals surface area contributed by atoms with Crippen LogP contribution in [0.4, 0.5) is 0 Å². The minimum atomic E-state index is 0.579. The number of ether oxygens (including phenoxy) is 2. The van der Waals surface area contributed by atoms with Gasteiger partial charge in [-0.05, 0) is 18.6 Å². The van der Waals surface area contributed by atoms with Crippen molar-refractivity contribution >= 4 is 0 Å². The zero-order valence-electron chi connectivity index (χ0n) is 7.92. The topological polar surface area (TPSA) is 42.2 Å². The van der Waals surface area contributed by atoms with Crippen LogP contribution in [-0.4, -0.2) is 14.2 Å². The number of nitrogens with zero attached hydrogens (tertiary/aromatic N) is 1. The Morgan fingerprint density at radius 1 is 1.23 bits per heavy atom. The zero-order valence-corrected chi connectivity index (χ0v) is 7.92. The maximum Gasteiger partial charge on any atom is 0.163 e. The minimum Gasteiger partial charge on any atom is -0.493 e. The summed E-state index contributed by atoms with van der Waals surface area (Å²) in [6, 6.07) is 5.48. The van der Waals surface area contributed by atoms with Crippen molar-refractivity contribution in [2.45, 2.75) is 6.92 Å². The highest BCUT2D eigenvalue weighted by molar-refractivity contribution is 5.51. The van der Waals surface area contributed by atoms with Gasteiger partial charge in [0.1, 0.15) is 0 Å². The van der Waals surface area contributed by atoms with Crippen LogP contribution < -0.4 is 9.47 Å². The third-order valence-corrected chi connectivity index (χ3v) is 1.79. The fourth-order valence-corrected chi connectivity index (χ4v) is 1.22. The van der Waals surface area contributed by atoms with E-state index in [0.29, 0.717) is 17.1 Å². The van der Waals surface area contributed by atoms with Crippen molar-refractivity contribution < 1.29 is 9.47 Å². The Labute approximate surface area is 77.5 Å². The lowest BCUT2D eigenvalue weighted by Gasteiger charge is -2.10. The van der Waals surface area contributed by atoms with Gasteiger partial charge in [0.25, 0.3) is 0 Å². The van der Waals surface area contributed by atoms with Crippen molar-refractivity contribution in [2.24, 2.45) is 0 Å². The zero-order chi connectivity index (χ0) is 9.84. The highest BCUT2D eigenvalue weighted by Gasteiger charge is 2.08. The summed E-state index contributed by atoms with van der Waals surface area (Å²) in [5.74, 6) is 1.28. The molecule has 0 spiro atoms. The molecule has 3 heteroatoms. The molecule has 68 valence electrons. The van der Waals surface area contributed by atoms with Gasteiger partial charge in [-0.2, -0.15) is 5.26 Å². The Kier molecular flexibility index (Phi) is 2.76. The lowest BCUT2D eigenvalue weighted by molar-refractivity contribution is 0.353. The molecule has 0 saturated carbocycles. The minimum absolute atomic E-state index is 0.579. The van der Waals surface area contributed by atoms with E-state index in [2.05, 4.69) is 6.07 Å². The summed E-state index contributed by atoms with van der Waals surface area (Å²) in [4.78, 5) is 0. The highest BCUT2D eigenvalue weighted by Crippen LogP contribution is 2.31. The average Bonchev–Trinajstić information content (AvgIpc) is 2.16. The van der Waals surface area contributed by atoms with E-state index >= 15 is 0 Å². The first-order valence-corrected chi connectivity index (χ1v) is 3.85. The molecule has 0 N–H and O–H groups in total. The molecule has 0 bridgehead atoms. The molecule has 0 fully saturated rings. The van der Waals surface area contributed by atoms with E-state index < -0.39 is 0 Å². The largest absolute Gasteiger partial charge is 0.493 e. The molecule has 0 aliphatic rings. The summed E-state index contributed by atoms with van der Waals surface area (Å²) in [6.45, 7) is 1.88. The first-order chi connectivity index (χ1) is 6.22. The predicted molar refractivity (Wildman–Crippen MR) is 49.0 cm³/mol. The first-order valence-electron chi connectivity index (χ1n) is 3.85. The summed E-state index contributed by atoms with van der Waals surface area (Å²) in [5, 5.41) is 8.70. The van der Waals surface area contributed by atoms with Crippen LogP contribution in [0.15, 0.2) is 12.1 Å². The fourth-order valence-electron chi connectivity index (χ4n) is 1.22. The Hall–Kier alpha value is -1.69. The van der Waals surface area contributed by atoms with E-state index in [1.807, 2.05) is 6.92 Å². The summed E-state index contributed by atoms with van der Waals surface area (Å²) < 4.78 is 10.2. The predicted octanol–water partition coefficient (Wildman–Crippen LogP) is 1.88. The van der Waals surface area contributed by atoms with Crippen molar-refractivity contribution in [3.05, 3.63) is 23.3 Å². The Balaban J connectivity index is 3.31. The van der Waals surface area contributed by atoms with Gasteiger partial charge in [-0.3, -0.25) is 0 Å². The number of benzene rings is 1. The normalized spacial score (nSPS) is 9.08. The number of rotatable bonds is 2. The molecule has 3 nitrogen and oxygen atoms in total. The molecule has 0 amide bonds. The van der Waals surface area contributed by atoms with Gasteiger partial charge >= 0.3 is 0 Å². The standard InChI is InChI=1S/C10H11NO2/c1-7-4-8(6-11)5-9(12-2)10(7)13-3/h4-5H,1-3H3. The van der Waals surface area contributed by atoms with Crippen molar-refractivity contribution in [3.8, 4) is 17.6 Å². The van der Waals surface area contributed by atoms with Crippen LogP contribution in [0.2, 0.25) is 0 Å². The third kappa shape index (κ3) is 1.73. The van der Waals surface area contributed by atoms with Crippen molar-refractivity contribution in [1.82, 2.24) is 0 Å². The van der Waals surface area contributed by atoms with E-state index in [4.69, 9.17) is 14.7 Å². The molecule has 0 aliphatic carbocycles. The van der Waals surface area contributed by atoms with Crippen LogP contribution in [0.25, 0.3) is 0 Å². The Morgan fingerprint density at radius 3 is 2.38 bits per heavy atom. The molecule has 0 radical (unpaired) electrons. The second kappa shape index (κ2) is 3.81. The fraction of sp³-hybridized carbons (Fsp3) is 0.300. The number of nitriles is 1. The van der Waals surface area contributed by atoms with E-state index in [1.54, 1.807) is 26.4 Å². The Morgan fingerprint density at radius 2 is 1.92 bits per heavy atom. The third-order valence-electron chi connectivity index (χ3n) is 1.79. The summed E-state index contributed by atoms with van der Waals surface area (Å²) in [5.41, 5.74) is 1.48. The van der Waals surface area contributed by atoms with Crippen LogP contribution in [0.5, 0.6) is 11.5 Å². The molecule has 1 aromatic rings. The summed E-state index contributed by atoms with van der Waals surface area (Å²) >= 11 is 0. The van der Waals surface area contributed by atoms with Gasteiger partial charge < -0.3 is 9.47 Å². The van der Waals surface area contributed by atoms with Crippen LogP contribution in [0, 0.1) is 18.3 Å². The van der Waals surface area contributed by atoms with Crippen molar-refractivity contribution in [3.63, 3.8) is 0 Å². The summed E-state index contributed by atoms with van der Waals surface area (Å²) in [7, 11) is 3.13. The molecule has 0 heterocycles. The molecule has 1 rings (SSSR count). The van der Waals surface area contributed by atoms with Crippen LogP contribution in [-0.2, 0) is 0 Å². The van der Waals surface area contributed by atoms with Gasteiger partial charge in [0.15, 0.2) is 11.5 Å². The van der Waals surface area contributed by atoms with Crippen LogP contribution in [0.3, 0.4) is 0 Å². The number of hydrogen-bond acceptors (Lipinski definition) is 3. The maximum absolute atomic E-state index is 8.70. The van der Waals surface area contributed by atoms with Gasteiger partial charge in [0.05, 0.1) is 25.9 Å². The molecule has 0 aromatic heterocycles. The van der Waals surface area contributed by atoms with Crippen molar-refractivity contribution in [1.29, 1.82) is 5.26 Å². The average molecular weight is 177 g/mol. The van der Waals surface area contributed by atoms with E-state index in [1.165, 1.54) is 0 Å².